The number of aromatic nitrogens is 3. The van der Waals surface area contributed by atoms with Gasteiger partial charge in [0.15, 0.2) is 0 Å². The third-order valence-corrected chi connectivity index (χ3v) is 10.6. The van der Waals surface area contributed by atoms with Crippen molar-refractivity contribution in [3.05, 3.63) is 75.5 Å². The lowest BCUT2D eigenvalue weighted by Gasteiger charge is -2.42. The van der Waals surface area contributed by atoms with Crippen molar-refractivity contribution in [3.63, 3.8) is 0 Å². The number of carbonyl (C=O) groups excluding carboxylic acids is 1. The smallest absolute Gasteiger partial charge is 0.311 e. The highest BCUT2D eigenvalue weighted by Gasteiger charge is 2.42. The molecule has 0 saturated carbocycles. The molecule has 0 unspecified atom stereocenters. The van der Waals surface area contributed by atoms with Crippen LogP contribution in [0.15, 0.2) is 48.7 Å². The van der Waals surface area contributed by atoms with Crippen LogP contribution in [-0.4, -0.2) is 90.9 Å². The van der Waals surface area contributed by atoms with Crippen molar-refractivity contribution in [2.24, 2.45) is 5.92 Å². The van der Waals surface area contributed by atoms with Gasteiger partial charge >= 0.3 is 5.97 Å². The van der Waals surface area contributed by atoms with Crippen LogP contribution in [0.4, 0.5) is 0 Å². The second-order valence-electron chi connectivity index (χ2n) is 12.6. The first-order valence-electron chi connectivity index (χ1n) is 16.5. The largest absolute Gasteiger partial charge is 0.481 e. The standard InChI is InChI=1S/C37H39Cl2N5O5/c1-5-49-37(45)22-16-44(17-22)31-13-12-21-14-28(41-36(48-4)32(21)31)26-10-6-8-24(33(26)38)25-9-7-11-27(34(25)39)29-15-40-30(35(42-29)47-3)20-43-18-23(19-43)46-2/h6-11,14-15,22-23,31H,5,12-13,16-20H2,1-4H3/t31-/m0/s1. The molecule has 3 aliphatic rings. The van der Waals surface area contributed by atoms with Gasteiger partial charge in [0, 0.05) is 73.7 Å². The SMILES string of the molecule is CCOC(=O)C1CN([C@H]2CCc3cc(-c4cccc(-c5cccc(-c6cnc(CN7CC(OC)C7)c(OC)n6)c5Cl)c4Cl)nc(OC)c32)C1. The summed E-state index contributed by atoms with van der Waals surface area (Å²) < 4.78 is 22.1. The summed E-state index contributed by atoms with van der Waals surface area (Å²) in [6.07, 6.45) is 3.80. The molecule has 2 aromatic heterocycles. The van der Waals surface area contributed by atoms with Crippen molar-refractivity contribution in [2.45, 2.75) is 38.5 Å². The van der Waals surface area contributed by atoms with Crippen LogP contribution >= 0.6 is 23.2 Å². The Kier molecular flexibility index (Phi) is 9.77. The molecule has 0 N–H and O–H groups in total. The van der Waals surface area contributed by atoms with E-state index in [2.05, 4.69) is 15.9 Å². The molecule has 2 fully saturated rings. The Morgan fingerprint density at radius 2 is 1.51 bits per heavy atom. The lowest BCUT2D eigenvalue weighted by atomic mass is 9.95. The Morgan fingerprint density at radius 3 is 2.14 bits per heavy atom. The van der Waals surface area contributed by atoms with Gasteiger partial charge in [-0.1, -0.05) is 59.6 Å². The van der Waals surface area contributed by atoms with Crippen LogP contribution in [0.1, 0.15) is 36.2 Å². The van der Waals surface area contributed by atoms with E-state index < -0.39 is 0 Å². The quantitative estimate of drug-likeness (QED) is 0.161. The number of nitrogens with zero attached hydrogens (tertiary/aromatic N) is 5. The highest BCUT2D eigenvalue weighted by Crippen LogP contribution is 2.47. The average Bonchev–Trinajstić information content (AvgIpc) is 3.49. The number of rotatable bonds is 11. The summed E-state index contributed by atoms with van der Waals surface area (Å²) in [5.74, 6) is 0.843. The number of carbonyl (C=O) groups is 1. The Bertz CT molecular complexity index is 1880. The Hall–Kier alpha value is -3.80. The van der Waals surface area contributed by atoms with E-state index in [0.717, 1.165) is 65.1 Å². The number of esters is 1. The molecule has 0 amide bonds. The summed E-state index contributed by atoms with van der Waals surface area (Å²) in [5, 5.41) is 1.04. The second-order valence-corrected chi connectivity index (χ2v) is 13.4. The van der Waals surface area contributed by atoms with Gasteiger partial charge in [0.2, 0.25) is 11.8 Å². The third-order valence-electron chi connectivity index (χ3n) is 9.77. The van der Waals surface area contributed by atoms with E-state index in [1.165, 1.54) is 5.56 Å². The van der Waals surface area contributed by atoms with Crippen molar-refractivity contribution >= 4 is 29.2 Å². The first kappa shape index (κ1) is 33.7. The molecule has 2 saturated heterocycles. The van der Waals surface area contributed by atoms with E-state index in [9.17, 15) is 4.79 Å². The zero-order chi connectivity index (χ0) is 34.2. The van der Waals surface area contributed by atoms with Crippen LogP contribution in [0.3, 0.4) is 0 Å². The third kappa shape index (κ3) is 6.37. The summed E-state index contributed by atoms with van der Waals surface area (Å²) in [6.45, 7) is 5.92. The fourth-order valence-electron chi connectivity index (χ4n) is 7.10. The number of hydrogen-bond acceptors (Lipinski definition) is 10. The van der Waals surface area contributed by atoms with E-state index in [-0.39, 0.29) is 24.0 Å². The number of pyridine rings is 1. The normalized spacial score (nSPS) is 18.1. The van der Waals surface area contributed by atoms with E-state index in [0.29, 0.717) is 53.7 Å². The predicted molar refractivity (Wildman–Crippen MR) is 188 cm³/mol. The summed E-state index contributed by atoms with van der Waals surface area (Å²) in [7, 11) is 4.98. The lowest BCUT2D eigenvalue weighted by molar-refractivity contribution is -0.155. The Morgan fingerprint density at radius 1 is 0.878 bits per heavy atom. The number of ether oxygens (including phenoxy) is 4. The number of halogens is 2. The molecule has 2 aromatic carbocycles. The maximum Gasteiger partial charge on any atom is 0.311 e. The Balaban J connectivity index is 1.16. The van der Waals surface area contributed by atoms with E-state index in [4.69, 9.17) is 57.1 Å². The maximum atomic E-state index is 12.2. The van der Waals surface area contributed by atoms with Crippen molar-refractivity contribution in [2.75, 3.05) is 54.1 Å². The van der Waals surface area contributed by atoms with E-state index in [1.54, 1.807) is 27.5 Å². The molecule has 7 rings (SSSR count). The summed E-state index contributed by atoms with van der Waals surface area (Å²) in [6, 6.07) is 13.9. The van der Waals surface area contributed by atoms with Gasteiger partial charge < -0.3 is 18.9 Å². The van der Waals surface area contributed by atoms with Crippen molar-refractivity contribution in [1.29, 1.82) is 0 Å². The van der Waals surface area contributed by atoms with Crippen LogP contribution in [0.5, 0.6) is 11.8 Å². The van der Waals surface area contributed by atoms with E-state index >= 15 is 0 Å². The highest BCUT2D eigenvalue weighted by molar-refractivity contribution is 6.39. The minimum Gasteiger partial charge on any atom is -0.481 e. The van der Waals surface area contributed by atoms with Crippen LogP contribution in [0, 0.1) is 5.92 Å². The minimum atomic E-state index is -0.123. The molecule has 49 heavy (non-hydrogen) atoms. The number of methoxy groups -OCH3 is 3. The van der Waals surface area contributed by atoms with Gasteiger partial charge in [0.1, 0.15) is 5.69 Å². The Labute approximate surface area is 296 Å². The van der Waals surface area contributed by atoms with Gasteiger partial charge in [-0.2, -0.15) is 0 Å². The van der Waals surface area contributed by atoms with Crippen LogP contribution < -0.4 is 9.47 Å². The summed E-state index contributed by atoms with van der Waals surface area (Å²) in [5.41, 5.74) is 7.41. The minimum absolute atomic E-state index is 0.0811. The van der Waals surface area contributed by atoms with Gasteiger partial charge in [0.05, 0.1) is 60.5 Å². The molecule has 1 atom stereocenters. The van der Waals surface area contributed by atoms with Gasteiger partial charge in [-0.25, -0.2) is 9.97 Å². The molecule has 2 aliphatic heterocycles. The summed E-state index contributed by atoms with van der Waals surface area (Å²) >= 11 is 14.3. The molecule has 4 aromatic rings. The van der Waals surface area contributed by atoms with Gasteiger partial charge in [-0.15, -0.1) is 0 Å². The van der Waals surface area contributed by atoms with Crippen molar-refractivity contribution < 1.29 is 23.7 Å². The predicted octanol–water partition coefficient (Wildman–Crippen LogP) is 6.51. The van der Waals surface area contributed by atoms with Crippen LogP contribution in [0.2, 0.25) is 10.0 Å². The lowest BCUT2D eigenvalue weighted by Crippen LogP contribution is -2.51. The monoisotopic (exact) mass is 703 g/mol. The zero-order valence-electron chi connectivity index (χ0n) is 28.0. The molecular formula is C37H39Cl2N5O5. The fraction of sp³-hybridized carbons (Fsp3) is 0.405. The molecule has 256 valence electrons. The molecule has 1 aliphatic carbocycles. The molecular weight excluding hydrogens is 665 g/mol. The molecule has 12 heteroatoms. The first-order valence-corrected chi connectivity index (χ1v) is 17.3. The number of benzene rings is 2. The number of likely N-dealkylation sites (tertiary alicyclic amines) is 2. The molecule has 0 bridgehead atoms. The number of aryl methyl sites for hydroxylation is 1. The second kappa shape index (κ2) is 14.2. The average molecular weight is 705 g/mol. The number of hydrogen-bond donors (Lipinski definition) is 0. The van der Waals surface area contributed by atoms with Crippen LogP contribution in [-0.2, 0) is 27.2 Å². The zero-order valence-corrected chi connectivity index (χ0v) is 29.6. The molecule has 10 nitrogen and oxygen atoms in total. The molecule has 0 spiro atoms. The fourth-order valence-corrected chi connectivity index (χ4v) is 7.75. The van der Waals surface area contributed by atoms with Gasteiger partial charge in [-0.05, 0) is 31.4 Å². The maximum absolute atomic E-state index is 12.2. The molecule has 0 radical (unpaired) electrons. The molecule has 4 heterocycles. The number of fused-ring (bicyclic) bond motifs is 1. The van der Waals surface area contributed by atoms with Crippen LogP contribution in [0.25, 0.3) is 33.6 Å². The van der Waals surface area contributed by atoms with Crippen molar-refractivity contribution in [3.8, 4) is 45.4 Å². The first-order chi connectivity index (χ1) is 23.8. The van der Waals surface area contributed by atoms with E-state index in [1.807, 2.05) is 43.3 Å². The topological polar surface area (TPSA) is 99.1 Å². The van der Waals surface area contributed by atoms with Gasteiger partial charge in [0.25, 0.3) is 0 Å². The van der Waals surface area contributed by atoms with Gasteiger partial charge in [-0.3, -0.25) is 19.6 Å². The van der Waals surface area contributed by atoms with Crippen molar-refractivity contribution in [1.82, 2.24) is 24.8 Å². The highest BCUT2D eigenvalue weighted by atomic mass is 35.5. The summed E-state index contributed by atoms with van der Waals surface area (Å²) in [4.78, 5) is 31.2.